The minimum Gasteiger partial charge on any atom is -0.384 e. The molecule has 3 N–H and O–H groups in total. The van der Waals surface area contributed by atoms with Crippen LogP contribution < -0.4 is 10.6 Å². The zero-order chi connectivity index (χ0) is 21.7. The predicted molar refractivity (Wildman–Crippen MR) is 119 cm³/mol. The molecule has 2 amide bonds. The van der Waals surface area contributed by atoms with Gasteiger partial charge in [0.05, 0.1) is 6.54 Å². The van der Waals surface area contributed by atoms with Crippen LogP contribution >= 0.6 is 11.6 Å². The number of nitrogens with one attached hydrogen (secondary N) is 2. The molecule has 0 bridgehead atoms. The van der Waals surface area contributed by atoms with Crippen LogP contribution in [-0.2, 0) is 15.2 Å². The molecule has 3 aromatic carbocycles. The lowest BCUT2D eigenvalue weighted by molar-refractivity contribution is -0.136. The smallest absolute Gasteiger partial charge is 0.313 e. The minimum absolute atomic E-state index is 0.113. The molecule has 0 fully saturated rings. The van der Waals surface area contributed by atoms with E-state index in [2.05, 4.69) is 10.6 Å². The molecule has 154 valence electrons. The Labute approximate surface area is 180 Å². The number of halogens is 1. The van der Waals surface area contributed by atoms with Gasteiger partial charge in [0.25, 0.3) is 0 Å². The van der Waals surface area contributed by atoms with Gasteiger partial charge in [-0.2, -0.15) is 0 Å². The molecule has 1 atom stereocenters. The monoisotopic (exact) mass is 422 g/mol. The van der Waals surface area contributed by atoms with E-state index in [9.17, 15) is 14.7 Å². The van der Waals surface area contributed by atoms with Gasteiger partial charge in [-0.05, 0) is 48.2 Å². The number of rotatable bonds is 5. The number of anilines is 1. The Kier molecular flexibility index (Phi) is 6.55. The first-order valence-electron chi connectivity index (χ1n) is 9.50. The van der Waals surface area contributed by atoms with Gasteiger partial charge in [-0.1, -0.05) is 72.3 Å². The maximum Gasteiger partial charge on any atom is 0.313 e. The third-order valence-electron chi connectivity index (χ3n) is 4.93. The Bertz CT molecular complexity index is 1050. The van der Waals surface area contributed by atoms with E-state index in [-0.39, 0.29) is 6.54 Å². The van der Waals surface area contributed by atoms with Gasteiger partial charge in [-0.3, -0.25) is 9.59 Å². The number of carbonyl (C=O) groups excluding carboxylic acids is 2. The van der Waals surface area contributed by atoms with Crippen LogP contribution in [0.3, 0.4) is 0 Å². The fraction of sp³-hybridized carbons (Fsp3) is 0.167. The van der Waals surface area contributed by atoms with Crippen molar-refractivity contribution in [2.24, 2.45) is 0 Å². The van der Waals surface area contributed by atoms with Gasteiger partial charge in [0.1, 0.15) is 5.60 Å². The largest absolute Gasteiger partial charge is 0.384 e. The molecule has 0 aliphatic heterocycles. The summed E-state index contributed by atoms with van der Waals surface area (Å²) < 4.78 is 0. The van der Waals surface area contributed by atoms with Crippen LogP contribution in [0.2, 0.25) is 5.02 Å². The first-order valence-corrected chi connectivity index (χ1v) is 9.88. The van der Waals surface area contributed by atoms with Crippen LogP contribution in [-0.4, -0.2) is 23.5 Å². The highest BCUT2D eigenvalue weighted by Gasteiger charge is 2.25. The first kappa shape index (κ1) is 21.6. The van der Waals surface area contributed by atoms with Crippen LogP contribution in [0.4, 0.5) is 5.69 Å². The standard InChI is InChI=1S/C24H23ClN2O3/c1-16-20(25)9-6-10-21(16)27-23(29)22(28)26-15-24(2,30)19-13-11-18(12-14-19)17-7-4-3-5-8-17/h3-14,30H,15H2,1-2H3,(H,26,28)(H,27,29)/t24-/m1/s1. The lowest BCUT2D eigenvalue weighted by atomic mass is 9.93. The van der Waals surface area contributed by atoms with Gasteiger partial charge in [0.15, 0.2) is 0 Å². The Morgan fingerprint density at radius 3 is 2.20 bits per heavy atom. The SMILES string of the molecule is Cc1c(Cl)cccc1NC(=O)C(=O)NC[C@@](C)(O)c1ccc(-c2ccccc2)cc1. The number of hydrogen-bond acceptors (Lipinski definition) is 3. The molecular weight excluding hydrogens is 400 g/mol. The number of benzene rings is 3. The molecule has 3 aromatic rings. The molecule has 30 heavy (non-hydrogen) atoms. The van der Waals surface area contributed by atoms with Crippen molar-refractivity contribution in [2.75, 3.05) is 11.9 Å². The van der Waals surface area contributed by atoms with Crippen LogP contribution in [0.25, 0.3) is 11.1 Å². The molecule has 0 spiro atoms. The van der Waals surface area contributed by atoms with Crippen molar-refractivity contribution in [1.82, 2.24) is 5.32 Å². The molecule has 0 aliphatic rings. The summed E-state index contributed by atoms with van der Waals surface area (Å²) in [5.74, 6) is -1.66. The number of carbonyl (C=O) groups is 2. The fourth-order valence-electron chi connectivity index (χ4n) is 3.01. The van der Waals surface area contributed by atoms with E-state index in [0.717, 1.165) is 11.1 Å². The lowest BCUT2D eigenvalue weighted by Crippen LogP contribution is -2.43. The highest BCUT2D eigenvalue weighted by molar-refractivity contribution is 6.40. The normalized spacial score (nSPS) is 12.7. The molecule has 0 saturated carbocycles. The summed E-state index contributed by atoms with van der Waals surface area (Å²) >= 11 is 6.03. The highest BCUT2D eigenvalue weighted by Crippen LogP contribution is 2.25. The maximum absolute atomic E-state index is 12.2. The quantitative estimate of drug-likeness (QED) is 0.537. The van der Waals surface area contributed by atoms with Crippen LogP contribution in [0, 0.1) is 6.92 Å². The van der Waals surface area contributed by atoms with E-state index in [1.165, 1.54) is 0 Å². The van der Waals surface area contributed by atoms with Gasteiger partial charge < -0.3 is 15.7 Å². The molecule has 6 heteroatoms. The zero-order valence-electron chi connectivity index (χ0n) is 16.8. The summed E-state index contributed by atoms with van der Waals surface area (Å²) in [4.78, 5) is 24.4. The van der Waals surface area contributed by atoms with Gasteiger partial charge >= 0.3 is 11.8 Å². The fourth-order valence-corrected chi connectivity index (χ4v) is 3.18. The molecular formula is C24H23ClN2O3. The van der Waals surface area contributed by atoms with Crippen LogP contribution in [0.5, 0.6) is 0 Å². The predicted octanol–water partition coefficient (Wildman–Crippen LogP) is 4.28. The Balaban J connectivity index is 1.61. The number of amides is 2. The van der Waals surface area contributed by atoms with Crippen molar-refractivity contribution in [1.29, 1.82) is 0 Å². The van der Waals surface area contributed by atoms with Crippen LogP contribution in [0.1, 0.15) is 18.1 Å². The summed E-state index contributed by atoms with van der Waals surface area (Å²) in [5.41, 5.74) is 2.53. The van der Waals surface area contributed by atoms with Crippen molar-refractivity contribution in [3.8, 4) is 11.1 Å². The second-order valence-corrected chi connectivity index (χ2v) is 7.67. The summed E-state index contributed by atoms with van der Waals surface area (Å²) in [6, 6.07) is 22.4. The second kappa shape index (κ2) is 9.11. The van der Waals surface area contributed by atoms with E-state index in [0.29, 0.717) is 21.8 Å². The zero-order valence-corrected chi connectivity index (χ0v) is 17.5. The Morgan fingerprint density at radius 2 is 1.53 bits per heavy atom. The number of aliphatic hydroxyl groups is 1. The van der Waals surface area contributed by atoms with E-state index < -0.39 is 17.4 Å². The third kappa shape index (κ3) is 5.06. The minimum atomic E-state index is -1.34. The van der Waals surface area contributed by atoms with Gasteiger partial charge in [-0.25, -0.2) is 0 Å². The molecule has 0 unspecified atom stereocenters. The first-order chi connectivity index (χ1) is 14.3. The van der Waals surface area contributed by atoms with Crippen molar-refractivity contribution in [3.05, 3.63) is 88.9 Å². The number of hydrogen-bond donors (Lipinski definition) is 3. The summed E-state index contributed by atoms with van der Waals surface area (Å²) in [7, 11) is 0. The summed E-state index contributed by atoms with van der Waals surface area (Å²) in [6.07, 6.45) is 0. The van der Waals surface area contributed by atoms with Crippen molar-refractivity contribution < 1.29 is 14.7 Å². The maximum atomic E-state index is 12.2. The van der Waals surface area contributed by atoms with Crippen molar-refractivity contribution >= 4 is 29.1 Å². The molecule has 0 aromatic heterocycles. The average Bonchev–Trinajstić information content (AvgIpc) is 2.76. The van der Waals surface area contributed by atoms with Gasteiger partial charge in [0.2, 0.25) is 0 Å². The molecule has 0 saturated heterocycles. The Hall–Kier alpha value is -3.15. The lowest BCUT2D eigenvalue weighted by Gasteiger charge is -2.24. The summed E-state index contributed by atoms with van der Waals surface area (Å²) in [6.45, 7) is 3.22. The topological polar surface area (TPSA) is 78.4 Å². The third-order valence-corrected chi connectivity index (χ3v) is 5.34. The second-order valence-electron chi connectivity index (χ2n) is 7.27. The Morgan fingerprint density at radius 1 is 0.900 bits per heavy atom. The van der Waals surface area contributed by atoms with E-state index in [4.69, 9.17) is 11.6 Å². The van der Waals surface area contributed by atoms with E-state index in [1.54, 1.807) is 32.0 Å². The highest BCUT2D eigenvalue weighted by atomic mass is 35.5. The molecule has 3 rings (SSSR count). The van der Waals surface area contributed by atoms with Gasteiger partial charge in [0, 0.05) is 10.7 Å². The van der Waals surface area contributed by atoms with Gasteiger partial charge in [-0.15, -0.1) is 0 Å². The van der Waals surface area contributed by atoms with E-state index in [1.807, 2.05) is 54.6 Å². The van der Waals surface area contributed by atoms with E-state index >= 15 is 0 Å². The molecule has 0 heterocycles. The summed E-state index contributed by atoms with van der Waals surface area (Å²) in [5, 5.41) is 16.3. The van der Waals surface area contributed by atoms with Crippen molar-refractivity contribution in [2.45, 2.75) is 19.4 Å². The van der Waals surface area contributed by atoms with Crippen molar-refractivity contribution in [3.63, 3.8) is 0 Å². The molecule has 5 nitrogen and oxygen atoms in total. The average molecular weight is 423 g/mol. The molecule has 0 radical (unpaired) electrons. The molecule has 0 aliphatic carbocycles. The van der Waals surface area contributed by atoms with Crippen LogP contribution in [0.15, 0.2) is 72.8 Å².